The Balaban J connectivity index is 1.85. The van der Waals surface area contributed by atoms with Crippen LogP contribution in [0, 0.1) is 49.9 Å². The van der Waals surface area contributed by atoms with Gasteiger partial charge in [-0.2, -0.15) is 0 Å². The summed E-state index contributed by atoms with van der Waals surface area (Å²) >= 11 is 0. The zero-order valence-corrected chi connectivity index (χ0v) is 30.0. The predicted octanol–water partition coefficient (Wildman–Crippen LogP) is 13.5. The summed E-state index contributed by atoms with van der Waals surface area (Å²) in [4.78, 5) is 0. The number of hydrogen-bond donors (Lipinski definition) is 0. The van der Waals surface area contributed by atoms with Crippen LogP contribution in [0.1, 0.15) is 191 Å². The van der Waals surface area contributed by atoms with Crippen LogP contribution >= 0.6 is 0 Å². The molecule has 0 radical (unpaired) electrons. The highest BCUT2D eigenvalue weighted by atomic mass is 14.4. The van der Waals surface area contributed by atoms with Crippen LogP contribution in [0.15, 0.2) is 0 Å². The highest BCUT2D eigenvalue weighted by molar-refractivity contribution is 5.52. The molecule has 2 rings (SSSR count). The Morgan fingerprint density at radius 2 is 1.22 bits per heavy atom. The Bertz CT molecular complexity index is 860. The van der Waals surface area contributed by atoms with Crippen molar-refractivity contribution >= 4 is 0 Å². The van der Waals surface area contributed by atoms with Crippen molar-refractivity contribution in [2.75, 3.05) is 0 Å². The van der Waals surface area contributed by atoms with Crippen LogP contribution in [0.4, 0.5) is 0 Å². The topological polar surface area (TPSA) is 0 Å². The number of benzene rings is 1. The van der Waals surface area contributed by atoms with E-state index in [1.54, 1.807) is 33.4 Å². The molecule has 0 heterocycles. The van der Waals surface area contributed by atoms with Gasteiger partial charge < -0.3 is 0 Å². The molecule has 0 saturated heterocycles. The van der Waals surface area contributed by atoms with Gasteiger partial charge in [-0.1, -0.05) is 138 Å². The van der Waals surface area contributed by atoms with Crippen LogP contribution in [-0.2, 0) is 19.3 Å². The van der Waals surface area contributed by atoms with E-state index in [0.29, 0.717) is 5.41 Å². The van der Waals surface area contributed by atoms with E-state index in [-0.39, 0.29) is 0 Å². The van der Waals surface area contributed by atoms with Crippen LogP contribution in [0.3, 0.4) is 0 Å². The first-order valence-electron chi connectivity index (χ1n) is 18.6. The SMILES string of the molecule is CCCCC(CCC)CCCc1c(C)c(C)c2c(c1C)CC[C@@](C)(CCC[C@H](C)CCC[C@H](C)CCCC(C)C)C2. The Labute approximate surface area is 259 Å². The molecular weight excluding hydrogens is 492 g/mol. The molecule has 0 N–H and O–H groups in total. The van der Waals surface area contributed by atoms with Crippen molar-refractivity contribution in [1.82, 2.24) is 0 Å². The monoisotopic (exact) mass is 567 g/mol. The Morgan fingerprint density at radius 1 is 0.610 bits per heavy atom. The van der Waals surface area contributed by atoms with Gasteiger partial charge in [-0.25, -0.2) is 0 Å². The second-order valence-electron chi connectivity index (χ2n) is 15.8. The van der Waals surface area contributed by atoms with Gasteiger partial charge in [0.25, 0.3) is 0 Å². The van der Waals surface area contributed by atoms with E-state index in [4.69, 9.17) is 0 Å². The second-order valence-corrected chi connectivity index (χ2v) is 15.8. The molecule has 1 unspecified atom stereocenters. The first-order valence-corrected chi connectivity index (χ1v) is 18.6. The molecule has 1 aliphatic rings. The highest BCUT2D eigenvalue weighted by Gasteiger charge is 2.32. The smallest absolute Gasteiger partial charge is 0.0219 e. The number of hydrogen-bond acceptors (Lipinski definition) is 0. The van der Waals surface area contributed by atoms with Crippen LogP contribution < -0.4 is 0 Å². The van der Waals surface area contributed by atoms with Crippen LogP contribution in [0.5, 0.6) is 0 Å². The van der Waals surface area contributed by atoms with Gasteiger partial charge in [-0.05, 0) is 122 Å². The largest absolute Gasteiger partial charge is 0.0654 e. The summed E-state index contributed by atoms with van der Waals surface area (Å²) in [7, 11) is 0. The van der Waals surface area contributed by atoms with Crippen molar-refractivity contribution < 1.29 is 0 Å². The molecule has 1 aliphatic carbocycles. The third kappa shape index (κ3) is 12.4. The lowest BCUT2D eigenvalue weighted by molar-refractivity contribution is 0.238. The second kappa shape index (κ2) is 18.8. The lowest BCUT2D eigenvalue weighted by atomic mass is 9.67. The van der Waals surface area contributed by atoms with Gasteiger partial charge in [0.2, 0.25) is 0 Å². The fraction of sp³-hybridized carbons (Fsp3) is 0.854. The molecule has 0 nitrogen and oxygen atoms in total. The van der Waals surface area contributed by atoms with Crippen LogP contribution in [0.25, 0.3) is 0 Å². The van der Waals surface area contributed by atoms with Crippen LogP contribution in [0.2, 0.25) is 0 Å². The molecule has 1 aromatic rings. The number of fused-ring (bicyclic) bond motifs is 1. The molecule has 0 fully saturated rings. The predicted molar refractivity (Wildman–Crippen MR) is 186 cm³/mol. The van der Waals surface area contributed by atoms with E-state index in [2.05, 4.69) is 69.2 Å². The normalized spacial score (nSPS) is 19.4. The van der Waals surface area contributed by atoms with Crippen molar-refractivity contribution in [1.29, 1.82) is 0 Å². The maximum Gasteiger partial charge on any atom is -0.0219 e. The quantitative estimate of drug-likeness (QED) is 0.139. The highest BCUT2D eigenvalue weighted by Crippen LogP contribution is 2.43. The number of rotatable bonds is 21. The summed E-state index contributed by atoms with van der Waals surface area (Å²) < 4.78 is 0. The van der Waals surface area contributed by atoms with Gasteiger partial charge in [-0.15, -0.1) is 0 Å². The van der Waals surface area contributed by atoms with Crippen molar-refractivity contribution in [3.63, 3.8) is 0 Å². The zero-order valence-electron chi connectivity index (χ0n) is 30.0. The van der Waals surface area contributed by atoms with Crippen molar-refractivity contribution in [2.45, 2.75) is 198 Å². The molecule has 0 aliphatic heterocycles. The van der Waals surface area contributed by atoms with Gasteiger partial charge in [0.05, 0.1) is 0 Å². The lowest BCUT2D eigenvalue weighted by Gasteiger charge is -2.38. The van der Waals surface area contributed by atoms with Gasteiger partial charge in [0, 0.05) is 0 Å². The van der Waals surface area contributed by atoms with E-state index < -0.39 is 0 Å². The standard InChI is InChI=1S/C41H74/c1-11-13-24-37(18-12-2)25-16-26-38-34(7)35(8)40-30-41(10,29-27-39(40)36(38)9)28-17-23-33(6)22-15-21-32(5)20-14-19-31(3)4/h31-33,37H,11-30H2,1-10H3/t32-,33-,37?,41-/m1/s1. The van der Waals surface area contributed by atoms with Gasteiger partial charge in [-0.3, -0.25) is 0 Å². The van der Waals surface area contributed by atoms with E-state index in [9.17, 15) is 0 Å². The first kappa shape index (κ1) is 36.4. The molecule has 238 valence electrons. The van der Waals surface area contributed by atoms with Crippen LogP contribution in [-0.4, -0.2) is 0 Å². The molecule has 41 heavy (non-hydrogen) atoms. The summed E-state index contributed by atoms with van der Waals surface area (Å²) in [5.41, 5.74) is 10.6. The Kier molecular flexibility index (Phi) is 16.7. The summed E-state index contributed by atoms with van der Waals surface area (Å²) in [6.07, 6.45) is 27.9. The molecule has 0 spiro atoms. The average Bonchev–Trinajstić information content (AvgIpc) is 2.92. The van der Waals surface area contributed by atoms with E-state index >= 15 is 0 Å². The van der Waals surface area contributed by atoms with Crippen molar-refractivity contribution in [2.24, 2.45) is 29.1 Å². The molecule has 0 aromatic heterocycles. The minimum atomic E-state index is 0.495. The fourth-order valence-corrected chi connectivity index (χ4v) is 8.23. The summed E-state index contributed by atoms with van der Waals surface area (Å²) in [5.74, 6) is 3.63. The van der Waals surface area contributed by atoms with Crippen molar-refractivity contribution in [3.8, 4) is 0 Å². The molecule has 0 amide bonds. The fourth-order valence-electron chi connectivity index (χ4n) is 8.23. The molecule has 0 saturated carbocycles. The zero-order chi connectivity index (χ0) is 30.4. The minimum Gasteiger partial charge on any atom is -0.0654 e. The van der Waals surface area contributed by atoms with Gasteiger partial charge >= 0.3 is 0 Å². The lowest BCUT2D eigenvalue weighted by Crippen LogP contribution is -2.28. The molecule has 1 aromatic carbocycles. The number of unbranched alkanes of at least 4 members (excludes halogenated alkanes) is 1. The first-order chi connectivity index (χ1) is 19.5. The Hall–Kier alpha value is -0.780. The van der Waals surface area contributed by atoms with Gasteiger partial charge in [0.15, 0.2) is 0 Å². The van der Waals surface area contributed by atoms with E-state index in [0.717, 1.165) is 23.7 Å². The van der Waals surface area contributed by atoms with Gasteiger partial charge in [0.1, 0.15) is 0 Å². The average molecular weight is 567 g/mol. The molecule has 0 bridgehead atoms. The summed E-state index contributed by atoms with van der Waals surface area (Å²) in [5, 5.41) is 0. The third-order valence-electron chi connectivity index (χ3n) is 11.4. The summed E-state index contributed by atoms with van der Waals surface area (Å²) in [6.45, 7) is 24.4. The van der Waals surface area contributed by atoms with Crippen molar-refractivity contribution in [3.05, 3.63) is 33.4 Å². The maximum atomic E-state index is 2.61. The third-order valence-corrected chi connectivity index (χ3v) is 11.4. The Morgan fingerprint density at radius 3 is 1.83 bits per heavy atom. The maximum absolute atomic E-state index is 2.61. The molecular formula is C41H74. The summed E-state index contributed by atoms with van der Waals surface area (Å²) in [6, 6.07) is 0. The molecule has 0 heteroatoms. The molecule has 4 atom stereocenters. The van der Waals surface area contributed by atoms with E-state index in [1.165, 1.54) is 128 Å². The minimum absolute atomic E-state index is 0.495. The van der Waals surface area contributed by atoms with E-state index in [1.807, 2.05) is 0 Å².